The summed E-state index contributed by atoms with van der Waals surface area (Å²) in [7, 11) is -3.68. The number of likely N-dealkylation sites (tertiary alicyclic amines) is 1. The summed E-state index contributed by atoms with van der Waals surface area (Å²) in [6.45, 7) is 4.69. The summed E-state index contributed by atoms with van der Waals surface area (Å²) in [5, 5.41) is 0. The van der Waals surface area contributed by atoms with Gasteiger partial charge in [0.05, 0.1) is 4.90 Å². The molecule has 0 amide bonds. The summed E-state index contributed by atoms with van der Waals surface area (Å²) in [6, 6.07) is 14.1. The van der Waals surface area contributed by atoms with Gasteiger partial charge in [0.15, 0.2) is 5.78 Å². The van der Waals surface area contributed by atoms with Crippen molar-refractivity contribution in [2.24, 2.45) is 0 Å². The van der Waals surface area contributed by atoms with Crippen molar-refractivity contribution in [3.8, 4) is 0 Å². The average molecular weight is 387 g/mol. The third kappa shape index (κ3) is 5.25. The van der Waals surface area contributed by atoms with Crippen LogP contribution in [0.25, 0.3) is 0 Å². The van der Waals surface area contributed by atoms with Crippen LogP contribution < -0.4 is 4.72 Å². The molecule has 1 heterocycles. The van der Waals surface area contributed by atoms with Gasteiger partial charge in [0, 0.05) is 18.7 Å². The molecule has 0 unspecified atom stereocenters. The smallest absolute Gasteiger partial charge is 0.240 e. The lowest BCUT2D eigenvalue weighted by Crippen LogP contribution is -2.30. The van der Waals surface area contributed by atoms with Crippen molar-refractivity contribution in [3.63, 3.8) is 0 Å². The van der Waals surface area contributed by atoms with Crippen molar-refractivity contribution in [1.82, 2.24) is 9.62 Å². The number of sulfonamides is 1. The predicted octanol–water partition coefficient (Wildman–Crippen LogP) is 3.35. The first kappa shape index (κ1) is 19.7. The molecule has 0 atom stereocenters. The SMILES string of the molecule is CC(=O)c1cccc(S(=O)(=O)NCc2ccccc2CN2CCCCC2)c1. The maximum absolute atomic E-state index is 12.6. The number of rotatable bonds is 7. The van der Waals surface area contributed by atoms with Gasteiger partial charge < -0.3 is 0 Å². The standard InChI is InChI=1S/C21H26N2O3S/c1-17(24)18-10-7-11-21(14-18)27(25,26)22-15-19-8-3-4-9-20(19)16-23-12-5-2-6-13-23/h3-4,7-11,14,22H,2,5-6,12-13,15-16H2,1H3. The molecule has 2 aromatic rings. The molecule has 3 rings (SSSR count). The molecule has 0 saturated carbocycles. The van der Waals surface area contributed by atoms with Gasteiger partial charge in [-0.1, -0.05) is 42.8 Å². The molecule has 1 saturated heterocycles. The number of nitrogens with zero attached hydrogens (tertiary/aromatic N) is 1. The molecule has 5 nitrogen and oxygen atoms in total. The summed E-state index contributed by atoms with van der Waals surface area (Å²) in [5.74, 6) is -0.154. The number of hydrogen-bond donors (Lipinski definition) is 1. The topological polar surface area (TPSA) is 66.5 Å². The lowest BCUT2D eigenvalue weighted by molar-refractivity contribution is 0.101. The molecule has 2 aromatic carbocycles. The van der Waals surface area contributed by atoms with Gasteiger partial charge in [-0.25, -0.2) is 13.1 Å². The second-order valence-electron chi connectivity index (χ2n) is 7.01. The lowest BCUT2D eigenvalue weighted by atomic mass is 10.1. The highest BCUT2D eigenvalue weighted by molar-refractivity contribution is 7.89. The fourth-order valence-electron chi connectivity index (χ4n) is 3.38. The van der Waals surface area contributed by atoms with Crippen LogP contribution in [0, 0.1) is 0 Å². The quantitative estimate of drug-likeness (QED) is 0.741. The van der Waals surface area contributed by atoms with E-state index in [1.807, 2.05) is 18.2 Å². The van der Waals surface area contributed by atoms with Gasteiger partial charge in [0.2, 0.25) is 10.0 Å². The molecule has 0 bridgehead atoms. The first-order chi connectivity index (χ1) is 13.0. The van der Waals surface area contributed by atoms with Gasteiger partial charge >= 0.3 is 0 Å². The Labute approximate surface area is 161 Å². The summed E-state index contributed by atoms with van der Waals surface area (Å²) >= 11 is 0. The molecule has 144 valence electrons. The first-order valence-electron chi connectivity index (χ1n) is 9.35. The third-order valence-corrected chi connectivity index (χ3v) is 6.36. The second kappa shape index (κ2) is 8.78. The van der Waals surface area contributed by atoms with Crippen LogP contribution in [-0.4, -0.2) is 32.2 Å². The van der Waals surface area contributed by atoms with Crippen LogP contribution in [0.1, 0.15) is 47.7 Å². The number of Topliss-reactive ketones (excluding diaryl/α,β-unsaturated/α-hetero) is 1. The number of ketones is 1. The molecule has 0 aromatic heterocycles. The molecular weight excluding hydrogens is 360 g/mol. The predicted molar refractivity (Wildman–Crippen MR) is 106 cm³/mol. The molecule has 1 aliphatic rings. The van der Waals surface area contributed by atoms with Crippen LogP contribution in [-0.2, 0) is 23.1 Å². The average Bonchev–Trinajstić information content (AvgIpc) is 2.68. The minimum absolute atomic E-state index is 0.115. The highest BCUT2D eigenvalue weighted by Crippen LogP contribution is 2.17. The Hall–Kier alpha value is -2.02. The fraction of sp³-hybridized carbons (Fsp3) is 0.381. The van der Waals surface area contributed by atoms with E-state index in [2.05, 4.69) is 15.7 Å². The van der Waals surface area contributed by atoms with E-state index in [-0.39, 0.29) is 17.2 Å². The summed E-state index contributed by atoms with van der Waals surface area (Å²) < 4.78 is 28.0. The zero-order valence-electron chi connectivity index (χ0n) is 15.6. The van der Waals surface area contributed by atoms with Gasteiger partial charge in [-0.15, -0.1) is 0 Å². The largest absolute Gasteiger partial charge is 0.299 e. The fourth-order valence-corrected chi connectivity index (χ4v) is 4.43. The van der Waals surface area contributed by atoms with E-state index in [0.717, 1.165) is 30.8 Å². The summed E-state index contributed by atoms with van der Waals surface area (Å²) in [4.78, 5) is 14.1. The van der Waals surface area contributed by atoms with Crippen LogP contribution in [0.2, 0.25) is 0 Å². The van der Waals surface area contributed by atoms with E-state index in [1.54, 1.807) is 12.1 Å². The number of nitrogens with one attached hydrogen (secondary N) is 1. The van der Waals surface area contributed by atoms with Gasteiger partial charge in [0.1, 0.15) is 0 Å². The molecule has 1 N–H and O–H groups in total. The molecule has 1 aliphatic heterocycles. The van der Waals surface area contributed by atoms with E-state index in [1.165, 1.54) is 38.3 Å². The van der Waals surface area contributed by atoms with Crippen LogP contribution in [0.15, 0.2) is 53.4 Å². The molecular formula is C21H26N2O3S. The highest BCUT2D eigenvalue weighted by Gasteiger charge is 2.17. The Kier molecular flexibility index (Phi) is 6.42. The number of carbonyl (C=O) groups is 1. The Balaban J connectivity index is 1.72. The number of piperidine rings is 1. The van der Waals surface area contributed by atoms with Crippen molar-refractivity contribution < 1.29 is 13.2 Å². The second-order valence-corrected chi connectivity index (χ2v) is 8.78. The van der Waals surface area contributed by atoms with Gasteiger partial charge in [-0.05, 0) is 56.1 Å². The molecule has 0 aliphatic carbocycles. The van der Waals surface area contributed by atoms with E-state index < -0.39 is 10.0 Å². The van der Waals surface area contributed by atoms with Gasteiger partial charge in [0.25, 0.3) is 0 Å². The summed E-state index contributed by atoms with van der Waals surface area (Å²) in [6.07, 6.45) is 3.74. The van der Waals surface area contributed by atoms with Gasteiger partial charge in [-0.2, -0.15) is 0 Å². The van der Waals surface area contributed by atoms with Crippen molar-refractivity contribution >= 4 is 15.8 Å². The highest BCUT2D eigenvalue weighted by atomic mass is 32.2. The maximum Gasteiger partial charge on any atom is 0.240 e. The van der Waals surface area contributed by atoms with Crippen LogP contribution in [0.5, 0.6) is 0 Å². The van der Waals surface area contributed by atoms with Crippen LogP contribution in [0.4, 0.5) is 0 Å². The Morgan fingerprint density at radius 3 is 2.41 bits per heavy atom. The van der Waals surface area contributed by atoms with E-state index in [9.17, 15) is 13.2 Å². The number of carbonyl (C=O) groups excluding carboxylic acids is 1. The zero-order chi connectivity index (χ0) is 19.3. The van der Waals surface area contributed by atoms with Crippen LogP contribution >= 0.6 is 0 Å². The lowest BCUT2D eigenvalue weighted by Gasteiger charge is -2.27. The molecule has 6 heteroatoms. The van der Waals surface area contributed by atoms with Gasteiger partial charge in [-0.3, -0.25) is 9.69 Å². The Morgan fingerprint density at radius 1 is 1.00 bits per heavy atom. The molecule has 27 heavy (non-hydrogen) atoms. The maximum atomic E-state index is 12.6. The van der Waals surface area contributed by atoms with Crippen molar-refractivity contribution in [3.05, 3.63) is 65.2 Å². The third-order valence-electron chi connectivity index (χ3n) is 4.96. The van der Waals surface area contributed by atoms with Crippen molar-refractivity contribution in [2.75, 3.05) is 13.1 Å². The monoisotopic (exact) mass is 386 g/mol. The minimum Gasteiger partial charge on any atom is -0.299 e. The molecule has 1 fully saturated rings. The van der Waals surface area contributed by atoms with Crippen molar-refractivity contribution in [1.29, 1.82) is 0 Å². The normalized spacial score (nSPS) is 15.6. The Morgan fingerprint density at radius 2 is 1.70 bits per heavy atom. The van der Waals surface area contributed by atoms with E-state index in [4.69, 9.17) is 0 Å². The molecule has 0 spiro atoms. The van der Waals surface area contributed by atoms with E-state index >= 15 is 0 Å². The first-order valence-corrected chi connectivity index (χ1v) is 10.8. The zero-order valence-corrected chi connectivity index (χ0v) is 16.5. The van der Waals surface area contributed by atoms with E-state index in [0.29, 0.717) is 5.56 Å². The number of benzene rings is 2. The minimum atomic E-state index is -3.68. The van der Waals surface area contributed by atoms with Crippen LogP contribution in [0.3, 0.4) is 0 Å². The van der Waals surface area contributed by atoms with Crippen molar-refractivity contribution in [2.45, 2.75) is 44.2 Å². The molecule has 0 radical (unpaired) electrons. The Bertz CT molecular complexity index is 903. The number of hydrogen-bond acceptors (Lipinski definition) is 4. The summed E-state index contributed by atoms with van der Waals surface area (Å²) in [5.41, 5.74) is 2.53.